The Kier molecular flexibility index (Phi) is 8.76. The van der Waals surface area contributed by atoms with Gasteiger partial charge in [0.25, 0.3) is 5.91 Å². The summed E-state index contributed by atoms with van der Waals surface area (Å²) in [5.74, 6) is -1.87. The Balaban J connectivity index is 1.35. The highest BCUT2D eigenvalue weighted by Gasteiger charge is 2.41. The number of esters is 1. The van der Waals surface area contributed by atoms with Gasteiger partial charge >= 0.3 is 5.97 Å². The third kappa shape index (κ3) is 6.38. The Morgan fingerprint density at radius 1 is 1.18 bits per heavy atom. The highest BCUT2D eigenvalue weighted by molar-refractivity contribution is 6.39. The van der Waals surface area contributed by atoms with Crippen LogP contribution in [0.3, 0.4) is 0 Å². The summed E-state index contributed by atoms with van der Waals surface area (Å²) in [5, 5.41) is 5.68. The summed E-state index contributed by atoms with van der Waals surface area (Å²) in [6, 6.07) is 9.73. The van der Waals surface area contributed by atoms with Crippen molar-refractivity contribution in [3.05, 3.63) is 63.6 Å². The van der Waals surface area contributed by atoms with Crippen LogP contribution in [0.5, 0.6) is 0 Å². The quantitative estimate of drug-likeness (QED) is 0.332. The molecule has 4 N–H and O–H groups in total. The first-order chi connectivity index (χ1) is 18.1. The SMILES string of the molecule is CC(NC(=O)c1cc(Cl)c(N)c(Cl)c1)C(=O)N1CCCC1C(=O)NC1CC(=O)OC1OCc1ccccc1. The van der Waals surface area contributed by atoms with Crippen LogP contribution in [0.15, 0.2) is 42.5 Å². The van der Waals surface area contributed by atoms with Crippen molar-refractivity contribution >= 4 is 52.6 Å². The molecule has 0 bridgehead atoms. The number of rotatable bonds is 8. The first kappa shape index (κ1) is 27.7. The number of carbonyl (C=O) groups is 4. The van der Waals surface area contributed by atoms with E-state index in [-0.39, 0.29) is 34.3 Å². The average molecular weight is 563 g/mol. The van der Waals surface area contributed by atoms with E-state index in [9.17, 15) is 19.2 Å². The number of likely N-dealkylation sites (tertiary alicyclic amines) is 1. The number of halogens is 2. The molecule has 10 nitrogen and oxygen atoms in total. The van der Waals surface area contributed by atoms with Crippen molar-refractivity contribution in [2.24, 2.45) is 0 Å². The molecule has 0 spiro atoms. The van der Waals surface area contributed by atoms with Crippen LogP contribution < -0.4 is 16.4 Å². The first-order valence-electron chi connectivity index (χ1n) is 12.1. The molecular weight excluding hydrogens is 535 g/mol. The van der Waals surface area contributed by atoms with Gasteiger partial charge in [-0.25, -0.2) is 0 Å². The van der Waals surface area contributed by atoms with E-state index in [1.165, 1.54) is 24.0 Å². The molecule has 202 valence electrons. The van der Waals surface area contributed by atoms with Gasteiger partial charge in [-0.2, -0.15) is 0 Å². The molecule has 4 atom stereocenters. The molecule has 2 aromatic rings. The van der Waals surface area contributed by atoms with Crippen molar-refractivity contribution in [1.82, 2.24) is 15.5 Å². The number of hydrogen-bond acceptors (Lipinski definition) is 7. The second-order valence-electron chi connectivity index (χ2n) is 9.21. The number of nitrogens with two attached hydrogens (primary N) is 1. The molecule has 3 amide bonds. The van der Waals surface area contributed by atoms with Crippen LogP contribution in [0, 0.1) is 0 Å². The molecule has 0 aromatic heterocycles. The number of cyclic esters (lactones) is 1. The lowest BCUT2D eigenvalue weighted by Gasteiger charge is -2.28. The van der Waals surface area contributed by atoms with Crippen LogP contribution in [0.4, 0.5) is 5.69 Å². The number of anilines is 1. The number of nitrogen functional groups attached to an aromatic ring is 1. The van der Waals surface area contributed by atoms with Gasteiger partial charge in [-0.15, -0.1) is 0 Å². The lowest BCUT2D eigenvalue weighted by molar-refractivity contribution is -0.168. The zero-order valence-corrected chi connectivity index (χ0v) is 22.1. The van der Waals surface area contributed by atoms with Gasteiger partial charge in [0.05, 0.1) is 28.8 Å². The average Bonchev–Trinajstić information content (AvgIpc) is 3.52. The molecule has 0 saturated carbocycles. The molecule has 2 fully saturated rings. The van der Waals surface area contributed by atoms with E-state index in [0.717, 1.165) is 5.56 Å². The van der Waals surface area contributed by atoms with Gasteiger partial charge < -0.3 is 30.7 Å². The second-order valence-corrected chi connectivity index (χ2v) is 10.0. The van der Waals surface area contributed by atoms with Crippen LogP contribution >= 0.6 is 23.2 Å². The highest BCUT2D eigenvalue weighted by atomic mass is 35.5. The fourth-order valence-corrected chi connectivity index (χ4v) is 4.93. The lowest BCUT2D eigenvalue weighted by Crippen LogP contribution is -2.54. The van der Waals surface area contributed by atoms with Crippen molar-refractivity contribution in [3.63, 3.8) is 0 Å². The lowest BCUT2D eigenvalue weighted by atomic mass is 10.1. The fourth-order valence-electron chi connectivity index (χ4n) is 4.45. The number of benzene rings is 2. The van der Waals surface area contributed by atoms with Crippen molar-refractivity contribution in [1.29, 1.82) is 0 Å². The smallest absolute Gasteiger partial charge is 0.310 e. The second kappa shape index (κ2) is 12.0. The van der Waals surface area contributed by atoms with Gasteiger partial charge in [0.1, 0.15) is 18.1 Å². The maximum absolute atomic E-state index is 13.2. The Hall–Kier alpha value is -3.34. The molecule has 2 aliphatic rings. The minimum absolute atomic E-state index is 0.0367. The summed E-state index contributed by atoms with van der Waals surface area (Å²) in [4.78, 5) is 52.4. The summed E-state index contributed by atoms with van der Waals surface area (Å²) >= 11 is 12.0. The molecule has 2 aliphatic heterocycles. The van der Waals surface area contributed by atoms with Gasteiger partial charge in [0.15, 0.2) is 0 Å². The third-order valence-corrected chi connectivity index (χ3v) is 7.07. The molecule has 2 aromatic carbocycles. The Morgan fingerprint density at radius 3 is 2.55 bits per heavy atom. The number of nitrogens with zero attached hydrogens (tertiary/aromatic N) is 1. The predicted octanol–water partition coefficient (Wildman–Crippen LogP) is 2.66. The van der Waals surface area contributed by atoms with Crippen LogP contribution in [0.25, 0.3) is 0 Å². The normalized spacial score (nSPS) is 21.6. The number of carbonyl (C=O) groups excluding carboxylic acids is 4. The maximum Gasteiger partial charge on any atom is 0.310 e. The Morgan fingerprint density at radius 2 is 1.87 bits per heavy atom. The summed E-state index contributed by atoms with van der Waals surface area (Å²) in [6.07, 6.45) is 0.0829. The number of nitrogens with one attached hydrogen (secondary N) is 2. The Labute approximate surface area is 229 Å². The van der Waals surface area contributed by atoms with Crippen LogP contribution in [-0.4, -0.2) is 59.6 Å². The van der Waals surface area contributed by atoms with Gasteiger partial charge in [0.2, 0.25) is 18.1 Å². The molecule has 0 radical (unpaired) electrons. The van der Waals surface area contributed by atoms with Gasteiger partial charge in [-0.05, 0) is 37.5 Å². The highest BCUT2D eigenvalue weighted by Crippen LogP contribution is 2.29. The molecule has 4 rings (SSSR count). The predicted molar refractivity (Wildman–Crippen MR) is 140 cm³/mol. The van der Waals surface area contributed by atoms with E-state index in [1.807, 2.05) is 30.3 Å². The van der Waals surface area contributed by atoms with Crippen molar-refractivity contribution in [2.45, 2.75) is 57.2 Å². The number of amides is 3. The Bertz CT molecular complexity index is 1200. The summed E-state index contributed by atoms with van der Waals surface area (Å²) in [7, 11) is 0. The molecule has 0 aliphatic carbocycles. The minimum Gasteiger partial charge on any atom is -0.433 e. The molecule has 4 unspecified atom stereocenters. The summed E-state index contributed by atoms with van der Waals surface area (Å²) in [5.41, 5.74) is 6.92. The topological polar surface area (TPSA) is 140 Å². The molecule has 2 heterocycles. The standard InChI is InChI=1S/C26H28Cl2N4O6/c1-14(30-23(34)16-10-17(27)22(29)18(28)11-16)25(36)32-9-5-8-20(32)24(35)31-19-12-21(33)38-26(19)37-13-15-6-3-2-4-7-15/h2-4,6-7,10-11,14,19-20,26H,5,8-9,12-13,29H2,1H3,(H,30,34)(H,31,35). The van der Waals surface area contributed by atoms with Gasteiger partial charge in [-0.1, -0.05) is 53.5 Å². The summed E-state index contributed by atoms with van der Waals surface area (Å²) in [6.45, 7) is 2.09. The van der Waals surface area contributed by atoms with Crippen LogP contribution in [0.2, 0.25) is 10.0 Å². The van der Waals surface area contributed by atoms with E-state index >= 15 is 0 Å². The summed E-state index contributed by atoms with van der Waals surface area (Å²) < 4.78 is 11.0. The minimum atomic E-state index is -0.936. The zero-order chi connectivity index (χ0) is 27.4. The van der Waals surface area contributed by atoms with Crippen molar-refractivity contribution in [2.75, 3.05) is 12.3 Å². The van der Waals surface area contributed by atoms with E-state index in [0.29, 0.717) is 19.4 Å². The van der Waals surface area contributed by atoms with E-state index in [2.05, 4.69) is 10.6 Å². The fraction of sp³-hybridized carbons (Fsp3) is 0.385. The van der Waals surface area contributed by atoms with Crippen LogP contribution in [-0.2, 0) is 30.5 Å². The maximum atomic E-state index is 13.2. The first-order valence-corrected chi connectivity index (χ1v) is 12.9. The number of hydrogen-bond donors (Lipinski definition) is 3. The molecule has 2 saturated heterocycles. The van der Waals surface area contributed by atoms with Gasteiger partial charge in [0, 0.05) is 12.1 Å². The number of ether oxygens (including phenoxy) is 2. The van der Waals surface area contributed by atoms with E-state index < -0.39 is 48.1 Å². The van der Waals surface area contributed by atoms with E-state index in [4.69, 9.17) is 38.4 Å². The largest absolute Gasteiger partial charge is 0.433 e. The van der Waals surface area contributed by atoms with Crippen molar-refractivity contribution < 1.29 is 28.7 Å². The molecule has 38 heavy (non-hydrogen) atoms. The van der Waals surface area contributed by atoms with Gasteiger partial charge in [-0.3, -0.25) is 19.2 Å². The zero-order valence-electron chi connectivity index (χ0n) is 20.6. The van der Waals surface area contributed by atoms with E-state index in [1.54, 1.807) is 0 Å². The monoisotopic (exact) mass is 562 g/mol. The van der Waals surface area contributed by atoms with Crippen molar-refractivity contribution in [3.8, 4) is 0 Å². The molecular formula is C26H28Cl2N4O6. The van der Waals surface area contributed by atoms with Crippen LogP contribution in [0.1, 0.15) is 42.1 Å². The third-order valence-electron chi connectivity index (χ3n) is 6.45. The molecule has 12 heteroatoms.